The number of carbonyl (C=O) groups is 1. The summed E-state index contributed by atoms with van der Waals surface area (Å²) in [6.45, 7) is 0. The summed E-state index contributed by atoms with van der Waals surface area (Å²) in [6, 6.07) is 8.58. The number of nitrogens with one attached hydrogen (secondary N) is 3. The molecule has 0 aliphatic carbocycles. The number of carbonyl (C=O) groups excluding carboxylic acids is 1. The van der Waals surface area contributed by atoms with E-state index in [1.807, 2.05) is 24.3 Å². The van der Waals surface area contributed by atoms with Gasteiger partial charge in [0.25, 0.3) is 0 Å². The van der Waals surface area contributed by atoms with E-state index in [4.69, 9.17) is 30.7 Å². The maximum absolute atomic E-state index is 13.0. The minimum Gasteiger partial charge on any atom is -0.495 e. The zero-order chi connectivity index (χ0) is 26.4. The molecule has 1 atom stereocenters. The second-order valence-corrected chi connectivity index (χ2v) is 8.85. The van der Waals surface area contributed by atoms with Gasteiger partial charge in [-0.05, 0) is 53.1 Å². The molecule has 0 saturated carbocycles. The van der Waals surface area contributed by atoms with Crippen LogP contribution in [0.15, 0.2) is 49.1 Å². The van der Waals surface area contributed by atoms with Gasteiger partial charge in [0.2, 0.25) is 11.7 Å². The highest BCUT2D eigenvalue weighted by Crippen LogP contribution is 2.45. The Morgan fingerprint density at radius 1 is 1.00 bits per heavy atom. The molecule has 4 aromatic rings. The maximum Gasteiger partial charge on any atom is 0.243 e. The van der Waals surface area contributed by atoms with E-state index < -0.39 is 6.04 Å². The summed E-state index contributed by atoms with van der Waals surface area (Å²) in [7, 11) is 6.25. The Hall–Kier alpha value is -3.80. The van der Waals surface area contributed by atoms with E-state index in [0.29, 0.717) is 35.1 Å². The first-order valence-electron chi connectivity index (χ1n) is 11.1. The molecule has 0 saturated heterocycles. The van der Waals surface area contributed by atoms with Crippen LogP contribution in [-0.2, 0) is 11.2 Å². The molecule has 1 amide bonds. The van der Waals surface area contributed by atoms with Gasteiger partial charge in [0, 0.05) is 35.6 Å². The molecular weight excluding hydrogens is 518 g/mol. The van der Waals surface area contributed by atoms with E-state index >= 15 is 0 Å². The van der Waals surface area contributed by atoms with E-state index in [1.165, 1.54) is 11.5 Å². The van der Waals surface area contributed by atoms with Gasteiger partial charge in [-0.1, -0.05) is 6.07 Å². The SMILES string of the molecule is COc1ccc(-c2cnsc2-c2cc(OC)c(OC)c(OC)c2)cc1NC(=O)[C@@H](Cc1cnc[nH]1)NCl. The minimum absolute atomic E-state index is 0.326. The van der Waals surface area contributed by atoms with Crippen LogP contribution in [-0.4, -0.2) is 54.7 Å². The van der Waals surface area contributed by atoms with Gasteiger partial charge >= 0.3 is 0 Å². The summed E-state index contributed by atoms with van der Waals surface area (Å²) in [5, 5.41) is 2.92. The van der Waals surface area contributed by atoms with Gasteiger partial charge < -0.3 is 29.2 Å². The fraction of sp³-hybridized carbons (Fsp3) is 0.240. The van der Waals surface area contributed by atoms with Crippen molar-refractivity contribution in [3.63, 3.8) is 0 Å². The number of imidazole rings is 1. The van der Waals surface area contributed by atoms with Crippen molar-refractivity contribution < 1.29 is 23.7 Å². The van der Waals surface area contributed by atoms with Gasteiger partial charge in [0.1, 0.15) is 11.8 Å². The van der Waals surface area contributed by atoms with Gasteiger partial charge in [-0.15, -0.1) is 0 Å². The third-order valence-electron chi connectivity index (χ3n) is 5.69. The fourth-order valence-electron chi connectivity index (χ4n) is 3.86. The molecule has 2 aromatic carbocycles. The van der Waals surface area contributed by atoms with Crippen molar-refractivity contribution >= 4 is 34.9 Å². The molecule has 0 radical (unpaired) electrons. The molecule has 37 heavy (non-hydrogen) atoms. The van der Waals surface area contributed by atoms with E-state index in [1.54, 1.807) is 53.2 Å². The molecule has 0 bridgehead atoms. The van der Waals surface area contributed by atoms with Crippen molar-refractivity contribution in [2.24, 2.45) is 0 Å². The molecule has 2 heterocycles. The van der Waals surface area contributed by atoms with Gasteiger partial charge in [0.05, 0.1) is 45.3 Å². The van der Waals surface area contributed by atoms with Gasteiger partial charge in [0.15, 0.2) is 11.5 Å². The van der Waals surface area contributed by atoms with Crippen molar-refractivity contribution in [1.29, 1.82) is 0 Å². The fourth-order valence-corrected chi connectivity index (χ4v) is 4.79. The summed E-state index contributed by atoms with van der Waals surface area (Å²) in [6.07, 6.45) is 5.30. The molecule has 10 nitrogen and oxygen atoms in total. The molecule has 0 aliphatic rings. The highest BCUT2D eigenvalue weighted by atomic mass is 35.5. The minimum atomic E-state index is -0.701. The zero-order valence-electron chi connectivity index (χ0n) is 20.6. The van der Waals surface area contributed by atoms with Gasteiger partial charge in [-0.25, -0.2) is 9.82 Å². The third kappa shape index (κ3) is 5.63. The standard InChI is InChI=1S/C25H26ClN5O5S/c1-33-20-6-5-14(7-18(20)30-25(32)19(31-26)10-16-11-27-13-28-16)17-12-29-37-24(17)15-8-21(34-2)23(36-4)22(9-15)35-3/h5-9,11-13,19,31H,10H2,1-4H3,(H,27,28)(H,30,32)/t19-/m1/s1. The Morgan fingerprint density at radius 3 is 2.32 bits per heavy atom. The molecule has 194 valence electrons. The predicted octanol–water partition coefficient (Wildman–Crippen LogP) is 4.53. The predicted molar refractivity (Wildman–Crippen MR) is 143 cm³/mol. The summed E-state index contributed by atoms with van der Waals surface area (Å²) >= 11 is 7.21. The van der Waals surface area contributed by atoms with Crippen molar-refractivity contribution in [2.75, 3.05) is 33.8 Å². The van der Waals surface area contributed by atoms with Crippen LogP contribution < -0.4 is 29.1 Å². The van der Waals surface area contributed by atoms with Gasteiger partial charge in [-0.2, -0.15) is 4.37 Å². The molecule has 0 aliphatic heterocycles. The summed E-state index contributed by atoms with van der Waals surface area (Å²) < 4.78 is 26.4. The molecular formula is C25H26ClN5O5S. The summed E-state index contributed by atoms with van der Waals surface area (Å²) in [5.41, 5.74) is 3.81. The molecule has 3 N–H and O–H groups in total. The number of nitrogens with zero attached hydrogens (tertiary/aromatic N) is 2. The smallest absolute Gasteiger partial charge is 0.243 e. The number of aromatic nitrogens is 3. The Balaban J connectivity index is 1.68. The van der Waals surface area contributed by atoms with Crippen LogP contribution in [0.2, 0.25) is 0 Å². The van der Waals surface area contributed by atoms with E-state index in [9.17, 15) is 4.79 Å². The Morgan fingerprint density at radius 2 is 1.73 bits per heavy atom. The van der Waals surface area contributed by atoms with Crippen LogP contribution in [0.4, 0.5) is 5.69 Å². The first kappa shape index (κ1) is 26.3. The molecule has 0 fully saturated rings. The first-order valence-corrected chi connectivity index (χ1v) is 12.3. The maximum atomic E-state index is 13.0. The number of rotatable bonds is 11. The molecule has 4 rings (SSSR count). The molecule has 2 aromatic heterocycles. The number of hydrogen-bond donors (Lipinski definition) is 3. The lowest BCUT2D eigenvalue weighted by Crippen LogP contribution is -2.37. The zero-order valence-corrected chi connectivity index (χ0v) is 22.2. The van der Waals surface area contributed by atoms with Crippen LogP contribution in [0.25, 0.3) is 21.6 Å². The number of methoxy groups -OCH3 is 4. The number of halogens is 1. The number of H-pyrrole nitrogens is 1. The molecule has 0 spiro atoms. The van der Waals surface area contributed by atoms with Crippen LogP contribution in [0.5, 0.6) is 23.0 Å². The number of aromatic amines is 1. The summed E-state index contributed by atoms with van der Waals surface area (Å²) in [5.74, 6) is 1.76. The topological polar surface area (TPSA) is 120 Å². The van der Waals surface area contributed by atoms with E-state index in [-0.39, 0.29) is 5.91 Å². The average molecular weight is 544 g/mol. The lowest BCUT2D eigenvalue weighted by Gasteiger charge is -2.17. The van der Waals surface area contributed by atoms with Crippen molar-refractivity contribution in [3.05, 3.63) is 54.7 Å². The highest BCUT2D eigenvalue weighted by molar-refractivity contribution is 7.10. The first-order chi connectivity index (χ1) is 18.0. The molecule has 12 heteroatoms. The number of benzene rings is 2. The van der Waals surface area contributed by atoms with Crippen molar-refractivity contribution in [3.8, 4) is 44.6 Å². The second kappa shape index (κ2) is 12.0. The van der Waals surface area contributed by atoms with Crippen molar-refractivity contribution in [2.45, 2.75) is 12.5 Å². The van der Waals surface area contributed by atoms with Gasteiger partial charge in [-0.3, -0.25) is 4.79 Å². The average Bonchev–Trinajstić information content (AvgIpc) is 3.63. The quantitative estimate of drug-likeness (QED) is 0.236. The number of hydrogen-bond acceptors (Lipinski definition) is 9. The van der Waals surface area contributed by atoms with Crippen LogP contribution in [0.3, 0.4) is 0 Å². The monoisotopic (exact) mass is 543 g/mol. The normalized spacial score (nSPS) is 11.6. The van der Waals surface area contributed by atoms with Crippen LogP contribution in [0.1, 0.15) is 5.69 Å². The Bertz CT molecular complexity index is 1340. The largest absolute Gasteiger partial charge is 0.495 e. The number of ether oxygens (including phenoxy) is 4. The van der Waals surface area contributed by atoms with E-state index in [0.717, 1.165) is 27.3 Å². The lowest BCUT2D eigenvalue weighted by atomic mass is 10.0. The second-order valence-electron chi connectivity index (χ2n) is 7.83. The van der Waals surface area contributed by atoms with Crippen LogP contribution in [0, 0.1) is 0 Å². The Kier molecular flexibility index (Phi) is 8.49. The lowest BCUT2D eigenvalue weighted by molar-refractivity contribution is -0.117. The van der Waals surface area contributed by atoms with E-state index in [2.05, 4.69) is 24.5 Å². The van der Waals surface area contributed by atoms with Crippen molar-refractivity contribution in [1.82, 2.24) is 19.2 Å². The summed E-state index contributed by atoms with van der Waals surface area (Å²) in [4.78, 5) is 23.4. The van der Waals surface area contributed by atoms with Crippen LogP contribution >= 0.6 is 23.3 Å². The highest BCUT2D eigenvalue weighted by Gasteiger charge is 2.22. The number of amides is 1. The Labute approximate surface area is 223 Å². The third-order valence-corrected chi connectivity index (χ3v) is 6.81. The molecule has 0 unspecified atom stereocenters. The number of anilines is 1.